The topological polar surface area (TPSA) is 61.9 Å². The molecule has 1 saturated heterocycles. The quantitative estimate of drug-likeness (QED) is 0.638. The Balaban J connectivity index is 2.56. The Morgan fingerprint density at radius 2 is 2.12 bits per heavy atom. The van der Waals surface area contributed by atoms with Gasteiger partial charge >= 0.3 is 0 Å². The molecule has 0 saturated carbocycles. The van der Waals surface area contributed by atoms with Gasteiger partial charge < -0.3 is 19.9 Å². The molecule has 0 radical (unpaired) electrons. The Morgan fingerprint density at radius 1 is 1.41 bits per heavy atom. The standard InChI is InChI=1S/C11H21N3O3/c1-9(15)14-6-5-13(2)8-10(14)11(16)12-4-7-17-3/h10H,4-8H2,1-3H3,(H,12,16). The number of rotatable bonds is 4. The Labute approximate surface area is 102 Å². The van der Waals surface area contributed by atoms with Crippen molar-refractivity contribution in [1.29, 1.82) is 0 Å². The SMILES string of the molecule is COCCNC(=O)C1CN(C)CCN1C(C)=O. The van der Waals surface area contributed by atoms with E-state index >= 15 is 0 Å². The summed E-state index contributed by atoms with van der Waals surface area (Å²) in [5.41, 5.74) is 0. The number of methoxy groups -OCH3 is 1. The zero-order chi connectivity index (χ0) is 12.8. The van der Waals surface area contributed by atoms with Gasteiger partial charge in [-0.25, -0.2) is 0 Å². The largest absolute Gasteiger partial charge is 0.383 e. The Morgan fingerprint density at radius 3 is 2.71 bits per heavy atom. The molecule has 1 fully saturated rings. The van der Waals surface area contributed by atoms with Crippen LogP contribution in [-0.4, -0.2) is 74.6 Å². The van der Waals surface area contributed by atoms with Crippen molar-refractivity contribution in [2.75, 3.05) is 46.9 Å². The molecular weight excluding hydrogens is 222 g/mol. The summed E-state index contributed by atoms with van der Waals surface area (Å²) in [7, 11) is 3.54. The van der Waals surface area contributed by atoms with Crippen LogP contribution in [0.4, 0.5) is 0 Å². The number of carbonyl (C=O) groups excluding carboxylic acids is 2. The van der Waals surface area contributed by atoms with E-state index in [9.17, 15) is 9.59 Å². The van der Waals surface area contributed by atoms with Crippen molar-refractivity contribution in [1.82, 2.24) is 15.1 Å². The second-order valence-corrected chi connectivity index (χ2v) is 4.27. The van der Waals surface area contributed by atoms with Gasteiger partial charge in [0.05, 0.1) is 6.61 Å². The predicted molar refractivity (Wildman–Crippen MR) is 63.6 cm³/mol. The van der Waals surface area contributed by atoms with Gasteiger partial charge in [-0.1, -0.05) is 0 Å². The third-order valence-corrected chi connectivity index (χ3v) is 2.90. The van der Waals surface area contributed by atoms with Crippen LogP contribution >= 0.6 is 0 Å². The van der Waals surface area contributed by atoms with E-state index in [-0.39, 0.29) is 17.9 Å². The normalized spacial score (nSPS) is 21.4. The third-order valence-electron chi connectivity index (χ3n) is 2.90. The smallest absolute Gasteiger partial charge is 0.244 e. The first kappa shape index (κ1) is 13.9. The molecule has 2 amide bonds. The van der Waals surface area contributed by atoms with Gasteiger partial charge in [0.15, 0.2) is 0 Å². The lowest BCUT2D eigenvalue weighted by atomic mass is 10.1. The lowest BCUT2D eigenvalue weighted by Gasteiger charge is -2.38. The Bertz CT molecular complexity index is 283. The summed E-state index contributed by atoms with van der Waals surface area (Å²) in [5, 5.41) is 2.77. The second kappa shape index (κ2) is 6.56. The van der Waals surface area contributed by atoms with Crippen molar-refractivity contribution in [2.24, 2.45) is 0 Å². The average Bonchev–Trinajstić information content (AvgIpc) is 2.28. The molecule has 0 aromatic carbocycles. The first-order valence-corrected chi connectivity index (χ1v) is 5.78. The van der Waals surface area contributed by atoms with E-state index in [2.05, 4.69) is 10.2 Å². The van der Waals surface area contributed by atoms with Crippen molar-refractivity contribution in [3.05, 3.63) is 0 Å². The maximum Gasteiger partial charge on any atom is 0.244 e. The minimum Gasteiger partial charge on any atom is -0.383 e. The van der Waals surface area contributed by atoms with Crippen LogP contribution in [-0.2, 0) is 14.3 Å². The summed E-state index contributed by atoms with van der Waals surface area (Å²) < 4.78 is 4.87. The molecule has 1 rings (SSSR count). The zero-order valence-corrected chi connectivity index (χ0v) is 10.7. The summed E-state index contributed by atoms with van der Waals surface area (Å²) in [4.78, 5) is 27.1. The highest BCUT2D eigenvalue weighted by Crippen LogP contribution is 2.08. The molecular formula is C11H21N3O3. The van der Waals surface area contributed by atoms with E-state index in [1.54, 1.807) is 12.0 Å². The first-order valence-electron chi connectivity index (χ1n) is 5.78. The highest BCUT2D eigenvalue weighted by molar-refractivity contribution is 5.87. The summed E-state index contributed by atoms with van der Waals surface area (Å²) in [6.07, 6.45) is 0. The minimum absolute atomic E-state index is 0.0509. The molecule has 1 N–H and O–H groups in total. The molecule has 0 aromatic rings. The maximum atomic E-state index is 11.9. The van der Waals surface area contributed by atoms with Gasteiger partial charge in [-0.3, -0.25) is 9.59 Å². The van der Waals surface area contributed by atoms with Gasteiger partial charge in [-0.15, -0.1) is 0 Å². The van der Waals surface area contributed by atoms with E-state index in [1.165, 1.54) is 6.92 Å². The first-order chi connectivity index (χ1) is 8.06. The second-order valence-electron chi connectivity index (χ2n) is 4.27. The third kappa shape index (κ3) is 3.98. The number of nitrogens with one attached hydrogen (secondary N) is 1. The number of hydrogen-bond acceptors (Lipinski definition) is 4. The lowest BCUT2D eigenvalue weighted by Crippen LogP contribution is -2.59. The molecule has 1 aliphatic rings. The maximum absolute atomic E-state index is 11.9. The van der Waals surface area contributed by atoms with E-state index in [1.807, 2.05) is 7.05 Å². The van der Waals surface area contributed by atoms with E-state index < -0.39 is 0 Å². The van der Waals surface area contributed by atoms with Gasteiger partial charge in [-0.2, -0.15) is 0 Å². The molecule has 0 spiro atoms. The van der Waals surface area contributed by atoms with Crippen molar-refractivity contribution < 1.29 is 14.3 Å². The predicted octanol–water partition coefficient (Wildman–Crippen LogP) is -1.09. The Kier molecular flexibility index (Phi) is 5.37. The fourth-order valence-electron chi connectivity index (χ4n) is 1.91. The van der Waals surface area contributed by atoms with Gasteiger partial charge in [0.2, 0.25) is 11.8 Å². The molecule has 0 bridgehead atoms. The number of nitrogens with zero attached hydrogens (tertiary/aromatic N) is 2. The number of carbonyl (C=O) groups is 2. The summed E-state index contributed by atoms with van der Waals surface area (Å²) in [6.45, 7) is 4.45. The lowest BCUT2D eigenvalue weighted by molar-refractivity contribution is -0.142. The monoisotopic (exact) mass is 243 g/mol. The van der Waals surface area contributed by atoms with Gasteiger partial charge in [-0.05, 0) is 7.05 Å². The van der Waals surface area contributed by atoms with Gasteiger partial charge in [0, 0.05) is 40.2 Å². The van der Waals surface area contributed by atoms with Gasteiger partial charge in [0.25, 0.3) is 0 Å². The summed E-state index contributed by atoms with van der Waals surface area (Å²) in [6, 6.07) is -0.386. The van der Waals surface area contributed by atoms with Crippen molar-refractivity contribution in [2.45, 2.75) is 13.0 Å². The molecule has 0 aliphatic carbocycles. The fraction of sp³-hybridized carbons (Fsp3) is 0.818. The molecule has 1 unspecified atom stereocenters. The molecule has 17 heavy (non-hydrogen) atoms. The molecule has 0 aromatic heterocycles. The zero-order valence-electron chi connectivity index (χ0n) is 10.7. The number of ether oxygens (including phenoxy) is 1. The molecule has 6 nitrogen and oxygen atoms in total. The van der Waals surface area contributed by atoms with Crippen molar-refractivity contribution in [3.8, 4) is 0 Å². The number of amides is 2. The van der Waals surface area contributed by atoms with Crippen LogP contribution in [0.1, 0.15) is 6.92 Å². The van der Waals surface area contributed by atoms with Crippen LogP contribution < -0.4 is 5.32 Å². The average molecular weight is 243 g/mol. The van der Waals surface area contributed by atoms with Crippen LogP contribution in [0.3, 0.4) is 0 Å². The number of likely N-dealkylation sites (N-methyl/N-ethyl adjacent to an activating group) is 1. The van der Waals surface area contributed by atoms with Crippen LogP contribution in [0.2, 0.25) is 0 Å². The van der Waals surface area contributed by atoms with Crippen LogP contribution in [0, 0.1) is 0 Å². The molecule has 1 atom stereocenters. The van der Waals surface area contributed by atoms with E-state index in [4.69, 9.17) is 4.74 Å². The molecule has 98 valence electrons. The number of piperazine rings is 1. The molecule has 1 heterocycles. The van der Waals surface area contributed by atoms with E-state index in [0.29, 0.717) is 26.2 Å². The highest BCUT2D eigenvalue weighted by Gasteiger charge is 2.32. The summed E-state index contributed by atoms with van der Waals surface area (Å²) >= 11 is 0. The minimum atomic E-state index is -0.386. The van der Waals surface area contributed by atoms with Crippen LogP contribution in [0.25, 0.3) is 0 Å². The van der Waals surface area contributed by atoms with E-state index in [0.717, 1.165) is 6.54 Å². The summed E-state index contributed by atoms with van der Waals surface area (Å²) in [5.74, 6) is -0.159. The van der Waals surface area contributed by atoms with Crippen molar-refractivity contribution >= 4 is 11.8 Å². The van der Waals surface area contributed by atoms with Crippen LogP contribution in [0.15, 0.2) is 0 Å². The van der Waals surface area contributed by atoms with Gasteiger partial charge in [0.1, 0.15) is 6.04 Å². The fourth-order valence-corrected chi connectivity index (χ4v) is 1.91. The van der Waals surface area contributed by atoms with Crippen molar-refractivity contribution in [3.63, 3.8) is 0 Å². The molecule has 1 aliphatic heterocycles. The van der Waals surface area contributed by atoms with Crippen LogP contribution in [0.5, 0.6) is 0 Å². The Hall–Kier alpha value is -1.14. The highest BCUT2D eigenvalue weighted by atomic mass is 16.5. The molecule has 6 heteroatoms. The number of hydrogen-bond donors (Lipinski definition) is 1.